The van der Waals surface area contributed by atoms with Gasteiger partial charge in [0.25, 0.3) is 0 Å². The van der Waals surface area contributed by atoms with E-state index in [9.17, 15) is 13.2 Å². The van der Waals surface area contributed by atoms with Crippen molar-refractivity contribution in [3.63, 3.8) is 0 Å². The Labute approximate surface area is 134 Å². The van der Waals surface area contributed by atoms with Gasteiger partial charge in [-0.1, -0.05) is 0 Å². The van der Waals surface area contributed by atoms with Gasteiger partial charge in [0.2, 0.25) is 15.9 Å². The lowest BCUT2D eigenvalue weighted by Crippen LogP contribution is -2.35. The summed E-state index contributed by atoms with van der Waals surface area (Å²) in [5.41, 5.74) is 1.23. The molecule has 1 aliphatic heterocycles. The van der Waals surface area contributed by atoms with Crippen molar-refractivity contribution in [2.75, 3.05) is 11.4 Å². The fraction of sp³-hybridized carbons (Fsp3) is 0.333. The summed E-state index contributed by atoms with van der Waals surface area (Å²) in [4.78, 5) is 17.6. The lowest BCUT2D eigenvalue weighted by atomic mass is 10.1. The number of piperidine rings is 1. The molecule has 23 heavy (non-hydrogen) atoms. The molecule has 1 aromatic carbocycles. The molecule has 1 saturated heterocycles. The summed E-state index contributed by atoms with van der Waals surface area (Å²) in [6.07, 6.45) is 5.04. The summed E-state index contributed by atoms with van der Waals surface area (Å²) in [5.74, 6) is 0.0796. The van der Waals surface area contributed by atoms with E-state index in [1.807, 2.05) is 0 Å². The number of nitrogens with zero attached hydrogens (tertiary/aromatic N) is 2. The van der Waals surface area contributed by atoms with E-state index in [0.717, 1.165) is 18.5 Å². The molecule has 0 bridgehead atoms. The number of sulfonamides is 1. The summed E-state index contributed by atoms with van der Waals surface area (Å²) in [7, 11) is -3.63. The number of oxazole rings is 1. The van der Waals surface area contributed by atoms with Crippen LogP contribution in [0.1, 0.15) is 25.0 Å². The van der Waals surface area contributed by atoms with Gasteiger partial charge in [-0.3, -0.25) is 4.79 Å². The van der Waals surface area contributed by atoms with Crippen LogP contribution in [0.2, 0.25) is 0 Å². The highest BCUT2D eigenvalue weighted by Crippen LogP contribution is 2.22. The van der Waals surface area contributed by atoms with Crippen LogP contribution in [0.25, 0.3) is 0 Å². The zero-order valence-electron chi connectivity index (χ0n) is 12.4. The van der Waals surface area contributed by atoms with Crippen molar-refractivity contribution in [1.82, 2.24) is 9.71 Å². The molecule has 1 N–H and O–H groups in total. The maximum atomic E-state index is 12.2. The molecule has 0 spiro atoms. The van der Waals surface area contributed by atoms with E-state index in [1.165, 1.54) is 24.8 Å². The molecule has 0 aliphatic carbocycles. The topological polar surface area (TPSA) is 92.5 Å². The zero-order valence-corrected chi connectivity index (χ0v) is 13.3. The van der Waals surface area contributed by atoms with Crippen molar-refractivity contribution in [3.8, 4) is 0 Å². The molecular formula is C15H17N3O4S. The Kier molecular flexibility index (Phi) is 4.44. The highest BCUT2D eigenvalue weighted by Gasteiger charge is 2.20. The van der Waals surface area contributed by atoms with Crippen LogP contribution in [-0.4, -0.2) is 25.9 Å². The standard InChI is InChI=1S/C15H17N3O4S/c19-15-3-1-2-8-18(15)13-4-6-14(7-5-13)23(20,21)17-9-12-10-22-11-16-12/h4-7,10-11,17H,1-3,8-9H2. The predicted molar refractivity (Wildman–Crippen MR) is 83.2 cm³/mol. The summed E-state index contributed by atoms with van der Waals surface area (Å²) in [6.45, 7) is 0.737. The highest BCUT2D eigenvalue weighted by atomic mass is 32.2. The number of rotatable bonds is 5. The molecular weight excluding hydrogens is 318 g/mol. The normalized spacial score (nSPS) is 15.8. The van der Waals surface area contributed by atoms with Crippen LogP contribution in [0.15, 0.2) is 46.2 Å². The van der Waals surface area contributed by atoms with Crippen LogP contribution >= 0.6 is 0 Å². The number of carbonyl (C=O) groups is 1. The molecule has 1 aromatic heterocycles. The molecule has 8 heteroatoms. The molecule has 0 saturated carbocycles. The third-order valence-corrected chi connectivity index (χ3v) is 5.13. The second kappa shape index (κ2) is 6.51. The molecule has 122 valence electrons. The molecule has 0 radical (unpaired) electrons. The van der Waals surface area contributed by atoms with Crippen LogP contribution in [0.3, 0.4) is 0 Å². The smallest absolute Gasteiger partial charge is 0.240 e. The predicted octanol–water partition coefficient (Wildman–Crippen LogP) is 1.67. The molecule has 0 atom stereocenters. The summed E-state index contributed by atoms with van der Waals surface area (Å²) in [6, 6.07) is 6.33. The Morgan fingerprint density at radius 3 is 2.65 bits per heavy atom. The third-order valence-electron chi connectivity index (χ3n) is 3.71. The van der Waals surface area contributed by atoms with Gasteiger partial charge in [-0.2, -0.15) is 0 Å². The number of aromatic nitrogens is 1. The van der Waals surface area contributed by atoms with Crippen molar-refractivity contribution in [2.24, 2.45) is 0 Å². The number of hydrogen-bond acceptors (Lipinski definition) is 5. The first-order valence-electron chi connectivity index (χ1n) is 7.33. The molecule has 7 nitrogen and oxygen atoms in total. The van der Waals surface area contributed by atoms with Crippen LogP contribution in [-0.2, 0) is 21.4 Å². The second-order valence-electron chi connectivity index (χ2n) is 5.30. The van der Waals surface area contributed by atoms with E-state index in [-0.39, 0.29) is 17.3 Å². The van der Waals surface area contributed by atoms with E-state index in [2.05, 4.69) is 9.71 Å². The number of nitrogens with one attached hydrogen (secondary N) is 1. The van der Waals surface area contributed by atoms with Crippen molar-refractivity contribution in [3.05, 3.63) is 42.6 Å². The number of amides is 1. The largest absolute Gasteiger partial charge is 0.451 e. The third kappa shape index (κ3) is 3.59. The molecule has 1 fully saturated rings. The Bertz CT molecular complexity index is 770. The monoisotopic (exact) mass is 335 g/mol. The highest BCUT2D eigenvalue weighted by molar-refractivity contribution is 7.89. The van der Waals surface area contributed by atoms with Gasteiger partial charge in [0.1, 0.15) is 6.26 Å². The summed E-state index contributed by atoms with van der Waals surface area (Å²) in [5, 5.41) is 0. The van der Waals surface area contributed by atoms with Crippen molar-refractivity contribution in [2.45, 2.75) is 30.7 Å². The van der Waals surface area contributed by atoms with Crippen molar-refractivity contribution < 1.29 is 17.6 Å². The average Bonchev–Trinajstić information content (AvgIpc) is 3.07. The van der Waals surface area contributed by atoms with Gasteiger partial charge in [-0.25, -0.2) is 18.1 Å². The molecule has 0 unspecified atom stereocenters. The molecule has 3 rings (SSSR count). The first-order valence-corrected chi connectivity index (χ1v) is 8.82. The maximum Gasteiger partial charge on any atom is 0.240 e. The SMILES string of the molecule is O=C1CCCCN1c1ccc(S(=O)(=O)NCc2cocn2)cc1. The van der Waals surface area contributed by atoms with E-state index in [1.54, 1.807) is 17.0 Å². The van der Waals surface area contributed by atoms with Crippen LogP contribution in [0.4, 0.5) is 5.69 Å². The van der Waals surface area contributed by atoms with Gasteiger partial charge in [-0.05, 0) is 37.1 Å². The minimum Gasteiger partial charge on any atom is -0.451 e. The van der Waals surface area contributed by atoms with Crippen LogP contribution in [0.5, 0.6) is 0 Å². The molecule has 2 aromatic rings. The number of benzene rings is 1. The fourth-order valence-electron chi connectivity index (χ4n) is 2.46. The summed E-state index contributed by atoms with van der Waals surface area (Å²) < 4.78 is 31.7. The molecule has 1 aliphatic rings. The Morgan fingerprint density at radius 1 is 1.22 bits per heavy atom. The van der Waals surface area contributed by atoms with E-state index < -0.39 is 10.0 Å². The van der Waals surface area contributed by atoms with Crippen molar-refractivity contribution >= 4 is 21.6 Å². The first-order chi connectivity index (χ1) is 11.1. The van der Waals surface area contributed by atoms with E-state index >= 15 is 0 Å². The minimum atomic E-state index is -3.63. The Morgan fingerprint density at radius 2 is 2.00 bits per heavy atom. The quantitative estimate of drug-likeness (QED) is 0.897. The van der Waals surface area contributed by atoms with Crippen molar-refractivity contribution in [1.29, 1.82) is 0 Å². The molecule has 1 amide bonds. The zero-order chi connectivity index (χ0) is 16.3. The fourth-order valence-corrected chi connectivity index (χ4v) is 3.46. The summed E-state index contributed by atoms with van der Waals surface area (Å²) >= 11 is 0. The number of carbonyl (C=O) groups excluding carboxylic acids is 1. The second-order valence-corrected chi connectivity index (χ2v) is 7.07. The van der Waals surface area contributed by atoms with Gasteiger partial charge in [0, 0.05) is 18.7 Å². The minimum absolute atomic E-state index is 0.0607. The lowest BCUT2D eigenvalue weighted by Gasteiger charge is -2.26. The Balaban J connectivity index is 1.71. The Hall–Kier alpha value is -2.19. The number of anilines is 1. The van der Waals surface area contributed by atoms with Gasteiger partial charge < -0.3 is 9.32 Å². The van der Waals surface area contributed by atoms with Crippen LogP contribution < -0.4 is 9.62 Å². The average molecular weight is 335 g/mol. The maximum absolute atomic E-state index is 12.2. The number of hydrogen-bond donors (Lipinski definition) is 1. The van der Waals surface area contributed by atoms with E-state index in [0.29, 0.717) is 18.7 Å². The molecule has 2 heterocycles. The van der Waals surface area contributed by atoms with Gasteiger partial charge >= 0.3 is 0 Å². The van der Waals surface area contributed by atoms with Gasteiger partial charge in [0.05, 0.1) is 17.1 Å². The first kappa shape index (κ1) is 15.7. The van der Waals surface area contributed by atoms with Gasteiger partial charge in [-0.15, -0.1) is 0 Å². The van der Waals surface area contributed by atoms with E-state index in [4.69, 9.17) is 4.42 Å². The van der Waals surface area contributed by atoms with Gasteiger partial charge in [0.15, 0.2) is 6.39 Å². The van der Waals surface area contributed by atoms with Crippen LogP contribution in [0, 0.1) is 0 Å². The lowest BCUT2D eigenvalue weighted by molar-refractivity contribution is -0.119.